The summed E-state index contributed by atoms with van der Waals surface area (Å²) in [4.78, 5) is 9.91. The molecule has 0 aliphatic heterocycles. The summed E-state index contributed by atoms with van der Waals surface area (Å²) in [6.45, 7) is 0. The van der Waals surface area contributed by atoms with Crippen LogP contribution < -0.4 is 4.72 Å². The van der Waals surface area contributed by atoms with Crippen molar-refractivity contribution in [1.29, 1.82) is 0 Å². The molecule has 0 radical (unpaired) electrons. The highest BCUT2D eigenvalue weighted by Gasteiger charge is 2.17. The van der Waals surface area contributed by atoms with E-state index >= 15 is 0 Å². The summed E-state index contributed by atoms with van der Waals surface area (Å²) >= 11 is 7.77. The van der Waals surface area contributed by atoms with E-state index in [0.29, 0.717) is 14.3 Å². The molecule has 0 aliphatic rings. The molecule has 0 spiro atoms. The van der Waals surface area contributed by atoms with Gasteiger partial charge in [0.2, 0.25) is 0 Å². The lowest BCUT2D eigenvalue weighted by atomic mass is 10.3. The molecular formula is C12H8ClIN2O4S. The number of benzene rings is 2. The summed E-state index contributed by atoms with van der Waals surface area (Å²) in [6.07, 6.45) is 0. The second-order valence-electron chi connectivity index (χ2n) is 3.98. The molecule has 0 heterocycles. The largest absolute Gasteiger partial charge is 0.279 e. The lowest BCUT2D eigenvalue weighted by Crippen LogP contribution is -2.13. The highest BCUT2D eigenvalue weighted by atomic mass is 127. The molecule has 9 heteroatoms. The number of non-ortho nitro benzene ring substituents is 1. The second kappa shape index (κ2) is 6.16. The first-order valence-corrected chi connectivity index (χ1v) is 8.46. The molecule has 0 bridgehead atoms. The van der Waals surface area contributed by atoms with Crippen molar-refractivity contribution < 1.29 is 13.3 Å². The van der Waals surface area contributed by atoms with Crippen molar-refractivity contribution in [2.24, 2.45) is 0 Å². The van der Waals surface area contributed by atoms with Gasteiger partial charge in [-0.3, -0.25) is 14.8 Å². The van der Waals surface area contributed by atoms with Crippen LogP contribution in [0.2, 0.25) is 5.02 Å². The molecule has 2 rings (SSSR count). The molecule has 1 N–H and O–H groups in total. The fraction of sp³-hybridized carbons (Fsp3) is 0. The maximum atomic E-state index is 12.2. The van der Waals surface area contributed by atoms with E-state index in [1.807, 2.05) is 22.6 Å². The Labute approximate surface area is 139 Å². The highest BCUT2D eigenvalue weighted by molar-refractivity contribution is 14.1. The van der Waals surface area contributed by atoms with Crippen LogP contribution in [0.1, 0.15) is 0 Å². The summed E-state index contributed by atoms with van der Waals surface area (Å²) in [7, 11) is -3.81. The van der Waals surface area contributed by atoms with Gasteiger partial charge in [0.05, 0.1) is 15.5 Å². The van der Waals surface area contributed by atoms with E-state index in [1.54, 1.807) is 18.2 Å². The van der Waals surface area contributed by atoms with Crippen LogP contribution in [-0.2, 0) is 10.0 Å². The van der Waals surface area contributed by atoms with Gasteiger partial charge >= 0.3 is 0 Å². The van der Waals surface area contributed by atoms with Crippen molar-refractivity contribution in [1.82, 2.24) is 0 Å². The molecule has 0 amide bonds. The Balaban J connectivity index is 2.31. The van der Waals surface area contributed by atoms with Gasteiger partial charge in [-0.2, -0.15) is 0 Å². The van der Waals surface area contributed by atoms with E-state index in [4.69, 9.17) is 11.6 Å². The molecule has 0 aliphatic carbocycles. The standard InChI is InChI=1S/C12H8ClIN2O4S/c13-8-1-6-12(11(14)7-8)15-21(19,20)10-4-2-9(3-5-10)16(17)18/h1-7,15H. The third-order valence-corrected chi connectivity index (χ3v) is 5.04. The fourth-order valence-corrected chi connectivity index (χ4v) is 3.79. The predicted molar refractivity (Wildman–Crippen MR) is 88.1 cm³/mol. The van der Waals surface area contributed by atoms with Crippen molar-refractivity contribution in [3.63, 3.8) is 0 Å². The smallest absolute Gasteiger partial charge is 0.269 e. The Morgan fingerprint density at radius 1 is 1.14 bits per heavy atom. The first-order chi connectivity index (χ1) is 9.79. The number of nitro groups is 1. The number of hydrogen-bond acceptors (Lipinski definition) is 4. The zero-order valence-electron chi connectivity index (χ0n) is 10.3. The zero-order valence-corrected chi connectivity index (χ0v) is 14.0. The van der Waals surface area contributed by atoms with Crippen molar-refractivity contribution >= 4 is 55.6 Å². The SMILES string of the molecule is O=[N+]([O-])c1ccc(S(=O)(=O)Nc2ccc(Cl)cc2I)cc1. The number of nitrogens with zero attached hydrogens (tertiary/aromatic N) is 1. The molecule has 2 aromatic rings. The minimum absolute atomic E-state index is 0.0566. The topological polar surface area (TPSA) is 89.3 Å². The molecule has 0 unspecified atom stereocenters. The highest BCUT2D eigenvalue weighted by Crippen LogP contribution is 2.25. The molecule has 110 valence electrons. The third-order valence-electron chi connectivity index (χ3n) is 2.53. The number of anilines is 1. The molecule has 2 aromatic carbocycles. The van der Waals surface area contributed by atoms with Crippen LogP contribution in [0.5, 0.6) is 0 Å². The lowest BCUT2D eigenvalue weighted by molar-refractivity contribution is -0.384. The third kappa shape index (κ3) is 3.83. The first kappa shape index (κ1) is 16.0. The van der Waals surface area contributed by atoms with Crippen molar-refractivity contribution in [3.8, 4) is 0 Å². The summed E-state index contributed by atoms with van der Waals surface area (Å²) in [6, 6.07) is 9.38. The number of nitro benzene ring substituents is 1. The molecular weight excluding hydrogens is 431 g/mol. The molecule has 21 heavy (non-hydrogen) atoms. The number of sulfonamides is 1. The quantitative estimate of drug-likeness (QED) is 0.448. The van der Waals surface area contributed by atoms with Crippen LogP contribution in [0, 0.1) is 13.7 Å². The van der Waals surface area contributed by atoms with Gasteiger partial charge in [-0.1, -0.05) is 11.6 Å². The minimum atomic E-state index is -3.81. The number of nitrogens with one attached hydrogen (secondary N) is 1. The Morgan fingerprint density at radius 2 is 1.76 bits per heavy atom. The van der Waals surface area contributed by atoms with E-state index in [2.05, 4.69) is 4.72 Å². The lowest BCUT2D eigenvalue weighted by Gasteiger charge is -2.10. The molecule has 0 saturated heterocycles. The van der Waals surface area contributed by atoms with Crippen LogP contribution in [0.4, 0.5) is 11.4 Å². The van der Waals surface area contributed by atoms with E-state index < -0.39 is 14.9 Å². The van der Waals surface area contributed by atoms with Crippen molar-refractivity contribution in [2.45, 2.75) is 4.90 Å². The van der Waals surface area contributed by atoms with Gasteiger partial charge in [-0.15, -0.1) is 0 Å². The van der Waals surface area contributed by atoms with Crippen LogP contribution in [0.15, 0.2) is 47.4 Å². The van der Waals surface area contributed by atoms with Crippen LogP contribution >= 0.6 is 34.2 Å². The maximum absolute atomic E-state index is 12.2. The van der Waals surface area contributed by atoms with Crippen LogP contribution in [0.3, 0.4) is 0 Å². The summed E-state index contributed by atoms with van der Waals surface area (Å²) in [5.74, 6) is 0. The van der Waals surface area contributed by atoms with E-state index in [0.717, 1.165) is 12.1 Å². The van der Waals surface area contributed by atoms with Gasteiger partial charge in [-0.25, -0.2) is 8.42 Å². The monoisotopic (exact) mass is 438 g/mol. The molecule has 0 atom stereocenters. The zero-order chi connectivity index (χ0) is 15.6. The van der Waals surface area contributed by atoms with Gasteiger partial charge in [0, 0.05) is 20.7 Å². The summed E-state index contributed by atoms with van der Waals surface area (Å²) in [5, 5.41) is 11.1. The fourth-order valence-electron chi connectivity index (χ4n) is 1.52. The van der Waals surface area contributed by atoms with Gasteiger partial charge in [0.1, 0.15) is 0 Å². The second-order valence-corrected chi connectivity index (χ2v) is 7.26. The first-order valence-electron chi connectivity index (χ1n) is 5.52. The molecule has 0 saturated carbocycles. The van der Waals surface area contributed by atoms with Gasteiger partial charge in [0.15, 0.2) is 0 Å². The Bertz CT molecular complexity index is 793. The van der Waals surface area contributed by atoms with E-state index in [9.17, 15) is 18.5 Å². The Hall–Kier alpha value is -1.39. The maximum Gasteiger partial charge on any atom is 0.269 e. The Kier molecular flexibility index (Phi) is 4.69. The number of hydrogen-bond donors (Lipinski definition) is 1. The van der Waals surface area contributed by atoms with Gasteiger partial charge in [-0.05, 0) is 52.9 Å². The van der Waals surface area contributed by atoms with Crippen molar-refractivity contribution in [2.75, 3.05) is 4.72 Å². The minimum Gasteiger partial charge on any atom is -0.279 e. The van der Waals surface area contributed by atoms with E-state index in [1.165, 1.54) is 12.1 Å². The normalized spacial score (nSPS) is 11.1. The molecule has 0 aromatic heterocycles. The van der Waals surface area contributed by atoms with Crippen LogP contribution in [0.25, 0.3) is 0 Å². The molecule has 6 nitrogen and oxygen atoms in total. The number of halogens is 2. The predicted octanol–water partition coefficient (Wildman–Crippen LogP) is 3.65. The van der Waals surface area contributed by atoms with Gasteiger partial charge < -0.3 is 0 Å². The summed E-state index contributed by atoms with van der Waals surface area (Å²) in [5.41, 5.74) is 0.216. The Morgan fingerprint density at radius 3 is 2.29 bits per heavy atom. The summed E-state index contributed by atoms with van der Waals surface area (Å²) < 4.78 is 27.5. The van der Waals surface area contributed by atoms with Gasteiger partial charge in [0.25, 0.3) is 15.7 Å². The van der Waals surface area contributed by atoms with Crippen LogP contribution in [-0.4, -0.2) is 13.3 Å². The average Bonchev–Trinajstić information content (AvgIpc) is 2.42. The van der Waals surface area contributed by atoms with Crippen molar-refractivity contribution in [3.05, 3.63) is 61.2 Å². The average molecular weight is 439 g/mol. The molecule has 0 fully saturated rings. The van der Waals surface area contributed by atoms with E-state index in [-0.39, 0.29) is 10.6 Å². The number of rotatable bonds is 4.